The van der Waals surface area contributed by atoms with E-state index in [0.29, 0.717) is 13.8 Å². The minimum absolute atomic E-state index is 0.303. The first kappa shape index (κ1) is 36.0. The van der Waals surface area contributed by atoms with Gasteiger partial charge in [-0.1, -0.05) is 12.5 Å². The van der Waals surface area contributed by atoms with Crippen LogP contribution in [0.25, 0.3) is 0 Å². The highest BCUT2D eigenvalue weighted by Crippen LogP contribution is 2.67. The molecule has 0 aliphatic heterocycles. The Morgan fingerprint density at radius 2 is 0.625 bits per heavy atom. The van der Waals surface area contributed by atoms with Crippen LogP contribution in [0.3, 0.4) is 0 Å². The van der Waals surface area contributed by atoms with E-state index in [1.165, 1.54) is 0 Å². The van der Waals surface area contributed by atoms with Crippen molar-refractivity contribution in [3.63, 3.8) is 0 Å². The lowest BCUT2D eigenvalue weighted by molar-refractivity contribution is -0.473. The van der Waals surface area contributed by atoms with Crippen molar-refractivity contribution in [3.8, 4) is 0 Å². The number of rotatable bonds is 9. The van der Waals surface area contributed by atoms with Crippen LogP contribution in [0.5, 0.6) is 0 Å². The van der Waals surface area contributed by atoms with Crippen LogP contribution in [-0.2, 0) is 0 Å². The number of hydrogen-bond donors (Lipinski definition) is 0. The molecule has 0 spiro atoms. The topological polar surface area (TPSA) is 0 Å². The van der Waals surface area contributed by atoms with Crippen LogP contribution in [0.2, 0.25) is 0 Å². The molecule has 1 atom stereocenters. The number of hydrogen-bond acceptors (Lipinski definition) is 0. The summed E-state index contributed by atoms with van der Waals surface area (Å²) in [6.45, 7) is 2.93. The molecular formula is C19H13F21. The van der Waals surface area contributed by atoms with E-state index < -0.39 is 76.5 Å². The van der Waals surface area contributed by atoms with E-state index in [-0.39, 0.29) is 11.1 Å². The highest BCUT2D eigenvalue weighted by atomic mass is 19.4. The van der Waals surface area contributed by atoms with Crippen LogP contribution in [0.15, 0.2) is 22.3 Å². The van der Waals surface area contributed by atoms with Gasteiger partial charge < -0.3 is 0 Å². The Kier molecular flexibility index (Phi) is 8.11. The molecule has 1 aliphatic rings. The third kappa shape index (κ3) is 4.00. The summed E-state index contributed by atoms with van der Waals surface area (Å²) >= 11 is 0. The van der Waals surface area contributed by atoms with Gasteiger partial charge in [0.25, 0.3) is 0 Å². The Morgan fingerprint density at radius 3 is 0.850 bits per heavy atom. The van der Waals surface area contributed by atoms with Gasteiger partial charge in [0.1, 0.15) is 0 Å². The zero-order chi connectivity index (χ0) is 32.9. The molecule has 0 amide bonds. The molecule has 0 nitrogen and oxygen atoms in total. The second-order valence-corrected chi connectivity index (χ2v) is 8.74. The lowest BCUT2D eigenvalue weighted by atomic mass is 9.82. The lowest BCUT2D eigenvalue weighted by Crippen LogP contribution is -2.77. The second-order valence-electron chi connectivity index (χ2n) is 8.74. The van der Waals surface area contributed by atoms with Gasteiger partial charge >= 0.3 is 59.5 Å². The third-order valence-corrected chi connectivity index (χ3v) is 6.49. The van der Waals surface area contributed by atoms with Crippen LogP contribution in [0.4, 0.5) is 92.2 Å². The molecule has 40 heavy (non-hydrogen) atoms. The summed E-state index contributed by atoms with van der Waals surface area (Å²) < 4.78 is 284. The van der Waals surface area contributed by atoms with E-state index >= 15 is 0 Å². The van der Waals surface area contributed by atoms with Gasteiger partial charge in [-0.25, -0.2) is 0 Å². The zero-order valence-corrected chi connectivity index (χ0v) is 19.5. The molecule has 1 rings (SSSR count). The quantitative estimate of drug-likeness (QED) is 0.220. The van der Waals surface area contributed by atoms with Crippen molar-refractivity contribution in [2.45, 2.75) is 87.2 Å². The monoisotopic (exact) mass is 640 g/mol. The predicted molar refractivity (Wildman–Crippen MR) is 90.8 cm³/mol. The number of halogens is 21. The minimum Gasteiger partial charge on any atom is -0.194 e. The summed E-state index contributed by atoms with van der Waals surface area (Å²) in [6.07, 6.45) is -8.00. The largest absolute Gasteiger partial charge is 0.460 e. The van der Waals surface area contributed by atoms with Gasteiger partial charge in [0.2, 0.25) is 0 Å². The van der Waals surface area contributed by atoms with Crippen LogP contribution in [0, 0.1) is 5.92 Å². The van der Waals surface area contributed by atoms with Gasteiger partial charge in [0.05, 0.1) is 0 Å². The van der Waals surface area contributed by atoms with Crippen LogP contribution < -0.4 is 0 Å². The smallest absolute Gasteiger partial charge is 0.194 e. The standard InChI is InChI=1S/C19H13F21/c1-5-6(2)8(4)9(7(5)3)10(20,21)11(22,23)12(24,25)13(26,27)14(28,29)15(30,31)16(32,33)17(34,35)18(36,37)19(38,39)40/h7H,1-4H3. The van der Waals surface area contributed by atoms with Crippen molar-refractivity contribution in [3.05, 3.63) is 22.3 Å². The molecular weight excluding hydrogens is 627 g/mol. The first-order chi connectivity index (χ1) is 17.0. The maximum Gasteiger partial charge on any atom is 0.460 e. The van der Waals surface area contributed by atoms with E-state index in [4.69, 9.17) is 0 Å². The van der Waals surface area contributed by atoms with E-state index in [1.807, 2.05) is 0 Å². The molecule has 0 aromatic rings. The molecule has 0 saturated carbocycles. The van der Waals surface area contributed by atoms with Crippen LogP contribution in [0.1, 0.15) is 27.7 Å². The molecule has 0 heterocycles. The Bertz CT molecular complexity index is 1070. The van der Waals surface area contributed by atoms with Crippen molar-refractivity contribution >= 4 is 0 Å². The minimum atomic E-state index is -9.17. The fourth-order valence-corrected chi connectivity index (χ4v) is 3.60. The summed E-state index contributed by atoms with van der Waals surface area (Å²) in [4.78, 5) is 0. The van der Waals surface area contributed by atoms with E-state index in [2.05, 4.69) is 0 Å². The Hall–Kier alpha value is -1.99. The van der Waals surface area contributed by atoms with Crippen molar-refractivity contribution in [1.29, 1.82) is 0 Å². The van der Waals surface area contributed by atoms with Crippen molar-refractivity contribution < 1.29 is 92.2 Å². The second kappa shape index (κ2) is 9.00. The summed E-state index contributed by atoms with van der Waals surface area (Å²) in [7, 11) is 0. The van der Waals surface area contributed by atoms with Gasteiger partial charge in [-0.05, 0) is 31.9 Å². The zero-order valence-electron chi connectivity index (χ0n) is 19.5. The van der Waals surface area contributed by atoms with Crippen molar-refractivity contribution in [2.75, 3.05) is 0 Å². The summed E-state index contributed by atoms with van der Waals surface area (Å²) in [6, 6.07) is 0. The highest BCUT2D eigenvalue weighted by molar-refractivity contribution is 5.50. The highest BCUT2D eigenvalue weighted by Gasteiger charge is 2.98. The van der Waals surface area contributed by atoms with Crippen molar-refractivity contribution in [2.24, 2.45) is 5.92 Å². The first-order valence-electron chi connectivity index (χ1n) is 9.87. The van der Waals surface area contributed by atoms with E-state index in [0.717, 1.165) is 13.8 Å². The molecule has 0 radical (unpaired) electrons. The Balaban J connectivity index is 3.87. The first-order valence-corrected chi connectivity index (χ1v) is 9.87. The molecule has 0 N–H and O–H groups in total. The van der Waals surface area contributed by atoms with Crippen molar-refractivity contribution in [1.82, 2.24) is 0 Å². The third-order valence-electron chi connectivity index (χ3n) is 6.49. The molecule has 21 heteroatoms. The molecule has 0 fully saturated rings. The van der Waals surface area contributed by atoms with E-state index in [1.54, 1.807) is 0 Å². The van der Waals surface area contributed by atoms with Crippen LogP contribution in [-0.4, -0.2) is 59.5 Å². The summed E-state index contributed by atoms with van der Waals surface area (Å²) in [5.74, 6) is -78.9. The summed E-state index contributed by atoms with van der Waals surface area (Å²) in [5.41, 5.74) is -3.84. The fourth-order valence-electron chi connectivity index (χ4n) is 3.60. The van der Waals surface area contributed by atoms with Gasteiger partial charge in [-0.3, -0.25) is 0 Å². The van der Waals surface area contributed by atoms with Gasteiger partial charge in [-0.15, -0.1) is 0 Å². The molecule has 0 aromatic heterocycles. The van der Waals surface area contributed by atoms with Crippen LogP contribution >= 0.6 is 0 Å². The molecule has 236 valence electrons. The average molecular weight is 640 g/mol. The Morgan fingerprint density at radius 1 is 0.375 bits per heavy atom. The summed E-state index contributed by atoms with van der Waals surface area (Å²) in [5, 5.41) is 0. The molecule has 1 aliphatic carbocycles. The van der Waals surface area contributed by atoms with Gasteiger partial charge in [-0.2, -0.15) is 92.2 Å². The fraction of sp³-hybridized carbons (Fsp3) is 0.789. The average Bonchev–Trinajstić information content (AvgIpc) is 2.94. The predicted octanol–water partition coefficient (Wildman–Crippen LogP) is 9.57. The normalized spacial score (nSPS) is 20.2. The van der Waals surface area contributed by atoms with E-state index in [9.17, 15) is 92.2 Å². The molecule has 1 unspecified atom stereocenters. The Labute approximate surface area is 208 Å². The van der Waals surface area contributed by atoms with Gasteiger partial charge in [0.15, 0.2) is 0 Å². The molecule has 0 saturated heterocycles. The lowest BCUT2D eigenvalue weighted by Gasteiger charge is -2.45. The number of alkyl halides is 21. The van der Waals surface area contributed by atoms with Gasteiger partial charge in [0, 0.05) is 11.5 Å². The number of allylic oxidation sites excluding steroid dienone is 4. The SMILES string of the molecule is CC1=C(C)C(C)C(C(F)(F)C(F)(F)C(F)(F)C(F)(F)C(F)(F)C(F)(F)C(F)(F)C(F)(F)C(F)(F)C(F)(F)F)=C1C. The maximum atomic E-state index is 14.6. The molecule has 0 bridgehead atoms. The molecule has 0 aromatic carbocycles. The maximum absolute atomic E-state index is 14.6.